The van der Waals surface area contributed by atoms with E-state index in [-0.39, 0.29) is 11.9 Å². The van der Waals surface area contributed by atoms with Gasteiger partial charge in [-0.15, -0.1) is 5.10 Å². The van der Waals surface area contributed by atoms with E-state index in [0.717, 1.165) is 22.0 Å². The molecule has 1 amide bonds. The van der Waals surface area contributed by atoms with Crippen molar-refractivity contribution in [2.75, 3.05) is 0 Å². The molecule has 0 bridgehead atoms. The van der Waals surface area contributed by atoms with Crippen molar-refractivity contribution in [1.82, 2.24) is 25.5 Å². The van der Waals surface area contributed by atoms with E-state index in [4.69, 9.17) is 0 Å². The summed E-state index contributed by atoms with van der Waals surface area (Å²) in [6, 6.07) is 21.4. The van der Waals surface area contributed by atoms with E-state index in [1.807, 2.05) is 43.3 Å². The standard InChI is InChI=1S/C20H17N5O/c1-14(18-8-4-6-15-5-2-3-7-19(15)18)22-20(26)16-9-11-17(12-10-16)25-13-21-23-24-25/h2-14H,1H3,(H,22,26). The molecular formula is C20H17N5O. The molecule has 1 atom stereocenters. The van der Waals surface area contributed by atoms with Crippen LogP contribution in [-0.4, -0.2) is 26.1 Å². The molecule has 0 aliphatic carbocycles. The maximum Gasteiger partial charge on any atom is 0.251 e. The monoisotopic (exact) mass is 343 g/mol. The summed E-state index contributed by atoms with van der Waals surface area (Å²) in [4.78, 5) is 12.6. The van der Waals surface area contributed by atoms with Gasteiger partial charge in [-0.25, -0.2) is 4.68 Å². The van der Waals surface area contributed by atoms with E-state index in [2.05, 4.69) is 39.0 Å². The highest BCUT2D eigenvalue weighted by molar-refractivity contribution is 5.95. The minimum atomic E-state index is -0.117. The highest BCUT2D eigenvalue weighted by Crippen LogP contribution is 2.24. The molecule has 0 saturated carbocycles. The highest BCUT2D eigenvalue weighted by atomic mass is 16.1. The van der Waals surface area contributed by atoms with Gasteiger partial charge in [0, 0.05) is 5.56 Å². The van der Waals surface area contributed by atoms with Crippen LogP contribution < -0.4 is 5.32 Å². The number of aromatic nitrogens is 4. The van der Waals surface area contributed by atoms with E-state index in [1.165, 1.54) is 6.33 Å². The van der Waals surface area contributed by atoms with Gasteiger partial charge in [0.05, 0.1) is 11.7 Å². The van der Waals surface area contributed by atoms with Crippen molar-refractivity contribution in [3.63, 3.8) is 0 Å². The number of rotatable bonds is 4. The number of amides is 1. The molecule has 4 rings (SSSR count). The lowest BCUT2D eigenvalue weighted by molar-refractivity contribution is 0.0940. The Hall–Kier alpha value is -3.54. The van der Waals surface area contributed by atoms with Gasteiger partial charge in [0.25, 0.3) is 5.91 Å². The van der Waals surface area contributed by atoms with E-state index in [0.29, 0.717) is 5.56 Å². The highest BCUT2D eigenvalue weighted by Gasteiger charge is 2.13. The zero-order valence-electron chi connectivity index (χ0n) is 14.2. The predicted molar refractivity (Wildman–Crippen MR) is 99.0 cm³/mol. The molecule has 4 aromatic rings. The average Bonchev–Trinajstić information content (AvgIpc) is 3.22. The SMILES string of the molecule is CC(NC(=O)c1ccc(-n2cnnn2)cc1)c1cccc2ccccc12. The van der Waals surface area contributed by atoms with Crippen molar-refractivity contribution >= 4 is 16.7 Å². The fourth-order valence-electron chi connectivity index (χ4n) is 3.03. The predicted octanol–water partition coefficient (Wildman–Crippen LogP) is 3.31. The number of hydrogen-bond donors (Lipinski definition) is 1. The van der Waals surface area contributed by atoms with Crippen molar-refractivity contribution in [1.29, 1.82) is 0 Å². The molecule has 1 aromatic heterocycles. The lowest BCUT2D eigenvalue weighted by Gasteiger charge is -2.17. The smallest absolute Gasteiger partial charge is 0.251 e. The van der Waals surface area contributed by atoms with Gasteiger partial charge in [-0.3, -0.25) is 4.79 Å². The third-order valence-corrected chi connectivity index (χ3v) is 4.38. The first-order chi connectivity index (χ1) is 12.7. The van der Waals surface area contributed by atoms with Crippen LogP contribution in [0.15, 0.2) is 73.1 Å². The second-order valence-corrected chi connectivity index (χ2v) is 6.06. The first kappa shape index (κ1) is 16.0. The van der Waals surface area contributed by atoms with Crippen LogP contribution in [0.5, 0.6) is 0 Å². The summed E-state index contributed by atoms with van der Waals surface area (Å²) >= 11 is 0. The van der Waals surface area contributed by atoms with Gasteiger partial charge in [0.15, 0.2) is 0 Å². The number of fused-ring (bicyclic) bond motifs is 1. The molecule has 0 aliphatic rings. The van der Waals surface area contributed by atoms with Crippen molar-refractivity contribution < 1.29 is 4.79 Å². The zero-order chi connectivity index (χ0) is 17.9. The minimum absolute atomic E-state index is 0.104. The number of nitrogens with one attached hydrogen (secondary N) is 1. The summed E-state index contributed by atoms with van der Waals surface area (Å²) in [5, 5.41) is 16.4. The quantitative estimate of drug-likeness (QED) is 0.617. The molecule has 6 heteroatoms. The summed E-state index contributed by atoms with van der Waals surface area (Å²) in [5.41, 5.74) is 2.49. The van der Waals surface area contributed by atoms with Crippen LogP contribution >= 0.6 is 0 Å². The van der Waals surface area contributed by atoms with Crippen LogP contribution in [0.2, 0.25) is 0 Å². The van der Waals surface area contributed by atoms with Crippen molar-refractivity contribution in [2.24, 2.45) is 0 Å². The third kappa shape index (κ3) is 3.04. The van der Waals surface area contributed by atoms with Crippen LogP contribution in [0.1, 0.15) is 28.9 Å². The van der Waals surface area contributed by atoms with Gasteiger partial charge in [0.1, 0.15) is 6.33 Å². The molecule has 0 saturated heterocycles. The summed E-state index contributed by atoms with van der Waals surface area (Å²) in [5.74, 6) is -0.117. The summed E-state index contributed by atoms with van der Waals surface area (Å²) in [7, 11) is 0. The normalized spacial score (nSPS) is 12.0. The van der Waals surface area contributed by atoms with Crippen molar-refractivity contribution in [3.8, 4) is 5.69 Å². The fourth-order valence-corrected chi connectivity index (χ4v) is 3.03. The first-order valence-corrected chi connectivity index (χ1v) is 8.34. The molecule has 1 heterocycles. The van der Waals surface area contributed by atoms with Crippen LogP contribution in [0.25, 0.3) is 16.5 Å². The molecule has 1 N–H and O–H groups in total. The number of carbonyl (C=O) groups excluding carboxylic acids is 1. The molecule has 3 aromatic carbocycles. The number of hydrogen-bond acceptors (Lipinski definition) is 4. The van der Waals surface area contributed by atoms with Crippen LogP contribution in [0.4, 0.5) is 0 Å². The molecule has 6 nitrogen and oxygen atoms in total. The third-order valence-electron chi connectivity index (χ3n) is 4.38. The number of nitrogens with zero attached hydrogens (tertiary/aromatic N) is 4. The second kappa shape index (κ2) is 6.76. The Morgan fingerprint density at radius 3 is 2.54 bits per heavy atom. The number of tetrazole rings is 1. The van der Waals surface area contributed by atoms with Crippen molar-refractivity contribution in [2.45, 2.75) is 13.0 Å². The maximum absolute atomic E-state index is 12.6. The lowest BCUT2D eigenvalue weighted by atomic mass is 9.99. The number of benzene rings is 3. The summed E-state index contributed by atoms with van der Waals surface area (Å²) < 4.78 is 1.54. The molecule has 0 radical (unpaired) electrons. The molecule has 0 aliphatic heterocycles. The molecule has 26 heavy (non-hydrogen) atoms. The van der Waals surface area contributed by atoms with Gasteiger partial charge in [-0.05, 0) is 58.0 Å². The van der Waals surface area contributed by atoms with Gasteiger partial charge in [0.2, 0.25) is 0 Å². The Morgan fingerprint density at radius 2 is 1.77 bits per heavy atom. The second-order valence-electron chi connectivity index (χ2n) is 6.06. The maximum atomic E-state index is 12.6. The molecule has 128 valence electrons. The number of carbonyl (C=O) groups is 1. The van der Waals surface area contributed by atoms with E-state index < -0.39 is 0 Å². The lowest BCUT2D eigenvalue weighted by Crippen LogP contribution is -2.26. The Bertz CT molecular complexity index is 1040. The van der Waals surface area contributed by atoms with E-state index in [1.54, 1.807) is 16.8 Å². The first-order valence-electron chi connectivity index (χ1n) is 8.34. The Balaban J connectivity index is 1.54. The summed E-state index contributed by atoms with van der Waals surface area (Å²) in [6.07, 6.45) is 1.51. The topological polar surface area (TPSA) is 72.7 Å². The Morgan fingerprint density at radius 1 is 1.00 bits per heavy atom. The van der Waals surface area contributed by atoms with Crippen LogP contribution in [0, 0.1) is 0 Å². The summed E-state index contributed by atoms with van der Waals surface area (Å²) in [6.45, 7) is 2.00. The zero-order valence-corrected chi connectivity index (χ0v) is 14.2. The Kier molecular flexibility index (Phi) is 4.15. The van der Waals surface area contributed by atoms with Gasteiger partial charge in [-0.1, -0.05) is 42.5 Å². The van der Waals surface area contributed by atoms with Gasteiger partial charge in [-0.2, -0.15) is 0 Å². The molecule has 0 spiro atoms. The van der Waals surface area contributed by atoms with Crippen LogP contribution in [-0.2, 0) is 0 Å². The van der Waals surface area contributed by atoms with Crippen LogP contribution in [0.3, 0.4) is 0 Å². The van der Waals surface area contributed by atoms with Crippen molar-refractivity contribution in [3.05, 3.63) is 84.2 Å². The fraction of sp³-hybridized carbons (Fsp3) is 0.100. The molecular weight excluding hydrogens is 326 g/mol. The molecule has 1 unspecified atom stereocenters. The minimum Gasteiger partial charge on any atom is -0.345 e. The Labute approximate surface area is 150 Å². The average molecular weight is 343 g/mol. The van der Waals surface area contributed by atoms with Gasteiger partial charge >= 0.3 is 0 Å². The largest absolute Gasteiger partial charge is 0.345 e. The van der Waals surface area contributed by atoms with E-state index >= 15 is 0 Å². The van der Waals surface area contributed by atoms with Gasteiger partial charge < -0.3 is 5.32 Å². The molecule has 0 fully saturated rings. The van der Waals surface area contributed by atoms with E-state index in [9.17, 15) is 4.79 Å².